The molecule has 78 valence electrons. The third-order valence-electron chi connectivity index (χ3n) is 2.84. The molecule has 2 aliphatic heterocycles. The maximum atomic E-state index is 3.54. The number of likely N-dealkylation sites (tertiary alicyclic amines) is 1. The molecule has 2 fully saturated rings. The van der Waals surface area contributed by atoms with Crippen LogP contribution in [0.2, 0.25) is 0 Å². The van der Waals surface area contributed by atoms with Gasteiger partial charge in [0.2, 0.25) is 0 Å². The van der Waals surface area contributed by atoms with Crippen molar-refractivity contribution in [1.29, 1.82) is 0 Å². The van der Waals surface area contributed by atoms with E-state index in [0.29, 0.717) is 0 Å². The molecular weight excluding hydrogens is 160 g/mol. The molecule has 0 radical (unpaired) electrons. The summed E-state index contributed by atoms with van der Waals surface area (Å²) in [4.78, 5) is 2.60. The molecule has 0 saturated carbocycles. The highest BCUT2D eigenvalue weighted by atomic mass is 15.2. The summed E-state index contributed by atoms with van der Waals surface area (Å²) < 4.78 is 0. The molecule has 2 heterocycles. The van der Waals surface area contributed by atoms with Crippen LogP contribution in [0.4, 0.5) is 0 Å². The van der Waals surface area contributed by atoms with E-state index in [9.17, 15) is 0 Å². The van der Waals surface area contributed by atoms with E-state index in [1.54, 1.807) is 0 Å². The monoisotopic (exact) mass is 184 g/mol. The number of hydrogen-bond donors (Lipinski definition) is 1. The molecule has 0 aromatic heterocycles. The van der Waals surface area contributed by atoms with Crippen molar-refractivity contribution >= 4 is 0 Å². The van der Waals surface area contributed by atoms with E-state index in [-0.39, 0.29) is 0 Å². The van der Waals surface area contributed by atoms with Gasteiger partial charge in [-0.15, -0.1) is 0 Å². The van der Waals surface area contributed by atoms with Gasteiger partial charge in [0.15, 0.2) is 0 Å². The first-order valence-electron chi connectivity index (χ1n) is 5.91. The molecule has 2 aliphatic rings. The van der Waals surface area contributed by atoms with Gasteiger partial charge in [-0.1, -0.05) is 13.8 Å². The molecule has 2 nitrogen and oxygen atoms in total. The predicted molar refractivity (Wildman–Crippen MR) is 58.0 cm³/mol. The zero-order valence-electron chi connectivity index (χ0n) is 9.18. The summed E-state index contributed by atoms with van der Waals surface area (Å²) >= 11 is 0. The largest absolute Gasteiger partial charge is 0.313 e. The van der Waals surface area contributed by atoms with E-state index in [0.717, 1.165) is 6.04 Å². The zero-order chi connectivity index (χ0) is 9.52. The van der Waals surface area contributed by atoms with Gasteiger partial charge in [-0.3, -0.25) is 0 Å². The van der Waals surface area contributed by atoms with Crippen LogP contribution in [0.1, 0.15) is 39.5 Å². The summed E-state index contributed by atoms with van der Waals surface area (Å²) in [5.41, 5.74) is 0. The molecule has 2 rings (SSSR count). The lowest BCUT2D eigenvalue weighted by atomic mass is 10.2. The van der Waals surface area contributed by atoms with Crippen LogP contribution in [0, 0.1) is 0 Å². The molecule has 0 amide bonds. The first kappa shape index (κ1) is 11.0. The lowest BCUT2D eigenvalue weighted by Gasteiger charge is -2.19. The molecule has 2 saturated heterocycles. The lowest BCUT2D eigenvalue weighted by Crippen LogP contribution is -2.35. The Morgan fingerprint density at radius 1 is 1.15 bits per heavy atom. The Kier molecular flexibility index (Phi) is 5.40. The van der Waals surface area contributed by atoms with Crippen LogP contribution in [-0.2, 0) is 0 Å². The lowest BCUT2D eigenvalue weighted by molar-refractivity contribution is 0.303. The van der Waals surface area contributed by atoms with Crippen molar-refractivity contribution in [2.45, 2.75) is 45.6 Å². The summed E-state index contributed by atoms with van der Waals surface area (Å²) in [6.45, 7) is 9.24. The Morgan fingerprint density at radius 2 is 1.85 bits per heavy atom. The fraction of sp³-hybridized carbons (Fsp3) is 1.00. The van der Waals surface area contributed by atoms with E-state index in [2.05, 4.69) is 10.2 Å². The quantitative estimate of drug-likeness (QED) is 0.704. The predicted octanol–water partition coefficient (Wildman–Crippen LogP) is 1.86. The van der Waals surface area contributed by atoms with Gasteiger partial charge in [0.25, 0.3) is 0 Å². The first-order valence-corrected chi connectivity index (χ1v) is 5.91. The number of hydrogen-bond acceptors (Lipinski definition) is 2. The minimum absolute atomic E-state index is 0.813. The van der Waals surface area contributed by atoms with Gasteiger partial charge in [-0.05, 0) is 45.3 Å². The number of nitrogens with zero attached hydrogens (tertiary/aromatic N) is 1. The average Bonchev–Trinajstić information content (AvgIpc) is 2.81. The van der Waals surface area contributed by atoms with Crippen LogP contribution >= 0.6 is 0 Å². The highest BCUT2D eigenvalue weighted by molar-refractivity contribution is 4.79. The summed E-state index contributed by atoms with van der Waals surface area (Å²) in [6, 6.07) is 0.813. The van der Waals surface area contributed by atoms with Crippen molar-refractivity contribution in [2.24, 2.45) is 0 Å². The molecule has 0 aromatic rings. The third kappa shape index (κ3) is 3.65. The Bertz CT molecular complexity index is 99.3. The van der Waals surface area contributed by atoms with Gasteiger partial charge in [-0.25, -0.2) is 0 Å². The fourth-order valence-corrected chi connectivity index (χ4v) is 2.19. The number of nitrogens with one attached hydrogen (secondary N) is 1. The molecule has 1 atom stereocenters. The average molecular weight is 184 g/mol. The molecule has 0 aliphatic carbocycles. The maximum Gasteiger partial charge on any atom is 0.0195 e. The number of rotatable bonds is 2. The third-order valence-corrected chi connectivity index (χ3v) is 2.84. The first-order chi connectivity index (χ1) is 6.45. The molecule has 2 heteroatoms. The van der Waals surface area contributed by atoms with E-state index in [1.807, 2.05) is 13.8 Å². The van der Waals surface area contributed by atoms with E-state index in [4.69, 9.17) is 0 Å². The Balaban J connectivity index is 0.000000396. The molecule has 0 bridgehead atoms. The molecular formula is C11H24N2. The standard InChI is InChI=1S/C9H18N2.C2H6/c1-2-7-11(6-1)8-9-4-3-5-10-9;1-2/h9-10H,1-8H2;1-2H3. The smallest absolute Gasteiger partial charge is 0.0195 e. The Hall–Kier alpha value is -0.0800. The molecule has 0 aromatic carbocycles. The van der Waals surface area contributed by atoms with Crippen LogP contribution in [0.15, 0.2) is 0 Å². The van der Waals surface area contributed by atoms with E-state index < -0.39 is 0 Å². The van der Waals surface area contributed by atoms with Gasteiger partial charge < -0.3 is 10.2 Å². The van der Waals surface area contributed by atoms with Gasteiger partial charge in [0, 0.05) is 12.6 Å². The second-order valence-electron chi connectivity index (χ2n) is 3.80. The summed E-state index contributed by atoms with van der Waals surface area (Å²) in [6.07, 6.45) is 5.63. The van der Waals surface area contributed by atoms with Crippen LogP contribution in [0.25, 0.3) is 0 Å². The SMILES string of the molecule is C1CNC(CN2CCCC2)C1.CC. The van der Waals surface area contributed by atoms with Gasteiger partial charge in [0.05, 0.1) is 0 Å². The fourth-order valence-electron chi connectivity index (χ4n) is 2.19. The van der Waals surface area contributed by atoms with E-state index >= 15 is 0 Å². The van der Waals surface area contributed by atoms with Crippen molar-refractivity contribution < 1.29 is 0 Å². The molecule has 1 N–H and O–H groups in total. The van der Waals surface area contributed by atoms with Crippen LogP contribution in [0.3, 0.4) is 0 Å². The van der Waals surface area contributed by atoms with Crippen molar-refractivity contribution in [3.63, 3.8) is 0 Å². The normalized spacial score (nSPS) is 28.6. The van der Waals surface area contributed by atoms with Crippen LogP contribution in [-0.4, -0.2) is 37.1 Å². The topological polar surface area (TPSA) is 15.3 Å². The van der Waals surface area contributed by atoms with Crippen molar-refractivity contribution in [3.05, 3.63) is 0 Å². The highest BCUT2D eigenvalue weighted by Gasteiger charge is 2.19. The van der Waals surface area contributed by atoms with Crippen LogP contribution in [0.5, 0.6) is 0 Å². The second-order valence-corrected chi connectivity index (χ2v) is 3.80. The minimum Gasteiger partial charge on any atom is -0.313 e. The Labute approximate surface area is 82.7 Å². The van der Waals surface area contributed by atoms with Crippen molar-refractivity contribution in [3.8, 4) is 0 Å². The molecule has 0 spiro atoms. The minimum atomic E-state index is 0.813. The maximum absolute atomic E-state index is 3.54. The van der Waals surface area contributed by atoms with Gasteiger partial charge in [0.1, 0.15) is 0 Å². The van der Waals surface area contributed by atoms with Crippen LogP contribution < -0.4 is 5.32 Å². The van der Waals surface area contributed by atoms with Crippen molar-refractivity contribution in [2.75, 3.05) is 26.2 Å². The summed E-state index contributed by atoms with van der Waals surface area (Å²) in [5, 5.41) is 3.54. The van der Waals surface area contributed by atoms with Gasteiger partial charge in [-0.2, -0.15) is 0 Å². The Morgan fingerprint density at radius 3 is 2.38 bits per heavy atom. The molecule has 13 heavy (non-hydrogen) atoms. The highest BCUT2D eigenvalue weighted by Crippen LogP contribution is 2.11. The zero-order valence-corrected chi connectivity index (χ0v) is 9.18. The van der Waals surface area contributed by atoms with Crippen molar-refractivity contribution in [1.82, 2.24) is 10.2 Å². The second kappa shape index (κ2) is 6.39. The summed E-state index contributed by atoms with van der Waals surface area (Å²) in [5.74, 6) is 0. The summed E-state index contributed by atoms with van der Waals surface area (Å²) in [7, 11) is 0. The molecule has 1 unspecified atom stereocenters. The van der Waals surface area contributed by atoms with Gasteiger partial charge >= 0.3 is 0 Å². The van der Waals surface area contributed by atoms with E-state index in [1.165, 1.54) is 51.9 Å².